The third-order valence-corrected chi connectivity index (χ3v) is 1.54. The molecule has 0 aliphatic rings. The third kappa shape index (κ3) is 3.01. The van der Waals surface area contributed by atoms with Crippen molar-refractivity contribution >= 4 is 36.6 Å². The Morgan fingerprint density at radius 1 is 1.33 bits per heavy atom. The van der Waals surface area contributed by atoms with Crippen molar-refractivity contribution in [1.29, 1.82) is 0 Å². The fourth-order valence-corrected chi connectivity index (χ4v) is 0.832. The van der Waals surface area contributed by atoms with E-state index in [0.29, 0.717) is 10.5 Å². The zero-order chi connectivity index (χ0) is 8.27. The fraction of sp³-hybridized carbons (Fsp3) is 0. The zero-order valence-corrected chi connectivity index (χ0v) is 7.68. The van der Waals surface area contributed by atoms with Gasteiger partial charge in [-0.3, -0.25) is 0 Å². The van der Waals surface area contributed by atoms with E-state index in [4.69, 9.17) is 22.5 Å². The summed E-state index contributed by atoms with van der Waals surface area (Å²) in [5.74, 6) is 4.76. The van der Waals surface area contributed by atoms with Gasteiger partial charge in [-0.1, -0.05) is 23.7 Å². The second-order valence-electron chi connectivity index (χ2n) is 2.04. The highest BCUT2D eigenvalue weighted by molar-refractivity contribution is 6.59. The molecule has 1 aromatic carbocycles. The molecule has 66 valence electrons. The van der Waals surface area contributed by atoms with Crippen LogP contribution in [0, 0.1) is 0 Å². The van der Waals surface area contributed by atoms with Crippen molar-refractivity contribution in [2.45, 2.75) is 0 Å². The molecule has 3 N–H and O–H groups in total. The Kier molecular flexibility index (Phi) is 5.29. The van der Waals surface area contributed by atoms with Crippen LogP contribution in [-0.2, 0) is 4.76 Å². The highest BCUT2D eigenvalue weighted by Gasteiger charge is 2.13. The first-order chi connectivity index (χ1) is 5.24. The summed E-state index contributed by atoms with van der Waals surface area (Å²) in [7, 11) is -1.08. The van der Waals surface area contributed by atoms with Gasteiger partial charge in [-0.05, 0) is 17.6 Å². The molecule has 1 aromatic rings. The Bertz CT molecular complexity index is 231. The molecule has 6 heteroatoms. The molecule has 0 fully saturated rings. The van der Waals surface area contributed by atoms with Gasteiger partial charge in [0.1, 0.15) is 0 Å². The zero-order valence-electron chi connectivity index (χ0n) is 6.11. The summed E-state index contributed by atoms with van der Waals surface area (Å²) in [5, 5.41) is 9.64. The van der Waals surface area contributed by atoms with E-state index in [0.717, 1.165) is 0 Å². The van der Waals surface area contributed by atoms with Crippen molar-refractivity contribution in [2.24, 2.45) is 5.90 Å². The highest BCUT2D eigenvalue weighted by atomic mass is 35.5. The molecular formula is C6H8BCl2NO2. The topological polar surface area (TPSA) is 55.5 Å². The van der Waals surface area contributed by atoms with Gasteiger partial charge in [0, 0.05) is 5.02 Å². The summed E-state index contributed by atoms with van der Waals surface area (Å²) >= 11 is 5.61. The van der Waals surface area contributed by atoms with E-state index in [1.54, 1.807) is 24.3 Å². The molecule has 0 unspecified atom stereocenters. The van der Waals surface area contributed by atoms with Crippen molar-refractivity contribution < 1.29 is 9.78 Å². The lowest BCUT2D eigenvalue weighted by Crippen LogP contribution is -2.35. The quantitative estimate of drug-likeness (QED) is 0.544. The Labute approximate surface area is 82.0 Å². The Hall–Kier alpha value is -0.255. The van der Waals surface area contributed by atoms with Crippen LogP contribution in [0.15, 0.2) is 24.3 Å². The average molecular weight is 208 g/mol. The molecule has 0 spiro atoms. The third-order valence-electron chi connectivity index (χ3n) is 1.28. The summed E-state index contributed by atoms with van der Waals surface area (Å²) in [5.41, 5.74) is 0.580. The highest BCUT2D eigenvalue weighted by Crippen LogP contribution is 2.03. The Morgan fingerprint density at radius 2 is 1.83 bits per heavy atom. The van der Waals surface area contributed by atoms with E-state index in [1.165, 1.54) is 0 Å². The van der Waals surface area contributed by atoms with Crippen molar-refractivity contribution in [1.82, 2.24) is 0 Å². The van der Waals surface area contributed by atoms with Gasteiger partial charge < -0.3 is 9.78 Å². The minimum Gasteiger partial charge on any atom is -0.422 e. The minimum absolute atomic E-state index is 0. The summed E-state index contributed by atoms with van der Waals surface area (Å²) < 4.78 is 4.19. The van der Waals surface area contributed by atoms with E-state index >= 15 is 0 Å². The molecule has 0 amide bonds. The van der Waals surface area contributed by atoms with Crippen LogP contribution < -0.4 is 11.4 Å². The van der Waals surface area contributed by atoms with Gasteiger partial charge in [-0.2, -0.15) is 0 Å². The first kappa shape index (κ1) is 11.7. The van der Waals surface area contributed by atoms with Crippen LogP contribution in [0.2, 0.25) is 5.02 Å². The van der Waals surface area contributed by atoms with Crippen LogP contribution in [0.25, 0.3) is 0 Å². The molecule has 1 rings (SSSR count). The SMILES string of the molecule is Cl.NOB(O)c1ccc(Cl)cc1. The lowest BCUT2D eigenvalue weighted by atomic mass is 9.80. The summed E-state index contributed by atoms with van der Waals surface area (Å²) in [6, 6.07) is 6.58. The maximum Gasteiger partial charge on any atom is 0.508 e. The number of nitrogens with two attached hydrogens (primary N) is 1. The lowest BCUT2D eigenvalue weighted by molar-refractivity contribution is 0.281. The van der Waals surface area contributed by atoms with E-state index in [9.17, 15) is 0 Å². The van der Waals surface area contributed by atoms with Crippen LogP contribution in [0.1, 0.15) is 0 Å². The van der Waals surface area contributed by atoms with E-state index in [1.807, 2.05) is 0 Å². The van der Waals surface area contributed by atoms with Gasteiger partial charge in [0.25, 0.3) is 0 Å². The van der Waals surface area contributed by atoms with Crippen LogP contribution in [-0.4, -0.2) is 12.1 Å². The number of benzene rings is 1. The largest absolute Gasteiger partial charge is 0.508 e. The van der Waals surface area contributed by atoms with E-state index < -0.39 is 7.12 Å². The fourth-order valence-electron chi connectivity index (χ4n) is 0.706. The van der Waals surface area contributed by atoms with Crippen LogP contribution >= 0.6 is 24.0 Å². The molecular weight excluding hydrogens is 200 g/mol. The second-order valence-corrected chi connectivity index (χ2v) is 2.48. The van der Waals surface area contributed by atoms with Crippen molar-refractivity contribution in [3.63, 3.8) is 0 Å². The van der Waals surface area contributed by atoms with Crippen molar-refractivity contribution in [3.8, 4) is 0 Å². The molecule has 0 aromatic heterocycles. The predicted molar refractivity (Wildman–Crippen MR) is 51.6 cm³/mol. The Morgan fingerprint density at radius 3 is 2.25 bits per heavy atom. The van der Waals surface area contributed by atoms with Crippen molar-refractivity contribution in [3.05, 3.63) is 29.3 Å². The summed E-state index contributed by atoms with van der Waals surface area (Å²) in [6.45, 7) is 0. The van der Waals surface area contributed by atoms with E-state index in [2.05, 4.69) is 4.76 Å². The average Bonchev–Trinajstić information content (AvgIpc) is 2.05. The van der Waals surface area contributed by atoms with Gasteiger partial charge in [0.15, 0.2) is 0 Å². The Balaban J connectivity index is 0.00000121. The van der Waals surface area contributed by atoms with Gasteiger partial charge in [0.2, 0.25) is 0 Å². The van der Waals surface area contributed by atoms with Gasteiger partial charge in [-0.15, -0.1) is 12.4 Å². The number of halogens is 2. The monoisotopic (exact) mass is 207 g/mol. The predicted octanol–water partition coefficient (Wildman–Crippen LogP) is 0.340. The molecule has 0 atom stereocenters. The molecule has 3 nitrogen and oxygen atoms in total. The summed E-state index contributed by atoms with van der Waals surface area (Å²) in [4.78, 5) is 0. The standard InChI is InChI=1S/C6H7BClNO2.ClH/c8-6-3-1-5(2-4-6)7(10)11-9;/h1-4,10H,9H2;1H. The number of rotatable bonds is 2. The second kappa shape index (κ2) is 5.40. The maximum absolute atomic E-state index is 9.03. The van der Waals surface area contributed by atoms with Gasteiger partial charge in [0.05, 0.1) is 0 Å². The first-order valence-corrected chi connectivity index (χ1v) is 3.41. The number of hydrogen-bond donors (Lipinski definition) is 2. The molecule has 0 aliphatic carbocycles. The molecule has 0 radical (unpaired) electrons. The van der Waals surface area contributed by atoms with E-state index in [-0.39, 0.29) is 12.4 Å². The van der Waals surface area contributed by atoms with Crippen molar-refractivity contribution in [2.75, 3.05) is 0 Å². The molecule has 12 heavy (non-hydrogen) atoms. The molecule has 0 heterocycles. The van der Waals surface area contributed by atoms with Crippen LogP contribution in [0.5, 0.6) is 0 Å². The van der Waals surface area contributed by atoms with Crippen LogP contribution in [0.3, 0.4) is 0 Å². The molecule has 0 aliphatic heterocycles. The molecule has 0 bridgehead atoms. The van der Waals surface area contributed by atoms with Crippen LogP contribution in [0.4, 0.5) is 0 Å². The smallest absolute Gasteiger partial charge is 0.422 e. The normalized spacial score (nSPS) is 8.92. The first-order valence-electron chi connectivity index (χ1n) is 3.03. The minimum atomic E-state index is -1.08. The lowest BCUT2D eigenvalue weighted by Gasteiger charge is -2.01. The summed E-state index contributed by atoms with van der Waals surface area (Å²) in [6.07, 6.45) is 0. The maximum atomic E-state index is 9.03. The van der Waals surface area contributed by atoms with Gasteiger partial charge in [-0.25, -0.2) is 5.90 Å². The van der Waals surface area contributed by atoms with Gasteiger partial charge >= 0.3 is 7.12 Å². The molecule has 0 saturated carbocycles. The molecule has 0 saturated heterocycles. The number of hydrogen-bond acceptors (Lipinski definition) is 3.